The topological polar surface area (TPSA) is 76.2 Å². The third-order valence-electron chi connectivity index (χ3n) is 9.46. The summed E-state index contributed by atoms with van der Waals surface area (Å²) < 4.78 is 6.24. The molecule has 6 heteroatoms. The summed E-state index contributed by atoms with van der Waals surface area (Å²) >= 11 is 0. The van der Waals surface area contributed by atoms with Crippen molar-refractivity contribution in [2.75, 3.05) is 0 Å². The maximum Gasteiger partial charge on any atom is 0.227 e. The van der Waals surface area contributed by atoms with Crippen molar-refractivity contribution in [2.24, 2.45) is 10.8 Å². The van der Waals surface area contributed by atoms with E-state index in [0.29, 0.717) is 17.7 Å². The third-order valence-corrected chi connectivity index (χ3v) is 9.46. The number of carbonyl (C=O) groups excluding carboxylic acids is 1. The summed E-state index contributed by atoms with van der Waals surface area (Å²) in [6.07, 6.45) is 3.27. The number of benzene rings is 4. The molecule has 0 saturated carbocycles. The number of oxazole rings is 1. The van der Waals surface area contributed by atoms with Gasteiger partial charge in [-0.05, 0) is 80.4 Å². The zero-order valence-electron chi connectivity index (χ0n) is 33.7. The Morgan fingerprint density at radius 3 is 2.06 bits per heavy atom. The second-order valence-corrected chi connectivity index (χ2v) is 17.7. The van der Waals surface area contributed by atoms with Crippen molar-refractivity contribution in [3.63, 3.8) is 0 Å². The van der Waals surface area contributed by atoms with Crippen molar-refractivity contribution in [2.45, 2.75) is 107 Å². The molecule has 2 heterocycles. The van der Waals surface area contributed by atoms with Gasteiger partial charge >= 0.3 is 0 Å². The number of aliphatic hydroxyl groups is 1. The van der Waals surface area contributed by atoms with Crippen LogP contribution in [-0.4, -0.2) is 20.9 Å². The molecule has 0 fully saturated rings. The minimum atomic E-state index is -0.417. The molecule has 0 bridgehead atoms. The second-order valence-electron chi connectivity index (χ2n) is 17.7. The van der Waals surface area contributed by atoms with E-state index < -0.39 is 5.41 Å². The van der Waals surface area contributed by atoms with Crippen LogP contribution >= 0.6 is 0 Å². The van der Waals surface area contributed by atoms with Gasteiger partial charge < -0.3 is 14.5 Å². The Morgan fingerprint density at radius 1 is 0.792 bits per heavy atom. The van der Waals surface area contributed by atoms with Crippen molar-refractivity contribution in [3.05, 3.63) is 108 Å². The summed E-state index contributed by atoms with van der Waals surface area (Å²) in [6, 6.07) is 27.3. The van der Waals surface area contributed by atoms with E-state index in [2.05, 4.69) is 97.0 Å². The van der Waals surface area contributed by atoms with Crippen molar-refractivity contribution in [1.29, 1.82) is 0 Å². The van der Waals surface area contributed by atoms with Gasteiger partial charge in [0, 0.05) is 48.8 Å². The molecule has 0 unspecified atom stereocenters. The molecule has 0 aliphatic rings. The molecule has 0 saturated heterocycles. The molecule has 1 radical (unpaired) electrons. The van der Waals surface area contributed by atoms with Crippen LogP contribution in [-0.2, 0) is 30.3 Å². The van der Waals surface area contributed by atoms with Crippen LogP contribution in [0.1, 0.15) is 119 Å². The van der Waals surface area contributed by atoms with Crippen molar-refractivity contribution in [1.82, 2.24) is 9.97 Å². The predicted octanol–water partition coefficient (Wildman–Crippen LogP) is 13.3. The number of hydrogen-bond donors (Lipinski definition) is 1. The van der Waals surface area contributed by atoms with Crippen molar-refractivity contribution in [3.8, 4) is 22.7 Å². The second kappa shape index (κ2) is 15.7. The van der Waals surface area contributed by atoms with E-state index in [9.17, 15) is 9.90 Å². The van der Waals surface area contributed by atoms with Gasteiger partial charge in [-0.25, -0.2) is 4.98 Å². The average molecular weight is 888 g/mol. The minimum Gasteiger partial charge on any atom is -0.512 e. The molecule has 281 valence electrons. The minimum absolute atomic E-state index is 0. The molecule has 0 atom stereocenters. The normalized spacial score (nSPS) is 12.7. The molecule has 0 amide bonds. The SMILES string of the molecule is CC(C)(C)C(=O)/C=C(\O)C(C)(C)C.CC(C)c1[c-]c(-c2nccc3c2ccc2cc(-c4nc5ccccc5o4)c(C(C)(C)C)cc23)cc(C(C)C)c1.[Ir]. The van der Waals surface area contributed by atoms with E-state index in [1.807, 2.05) is 72.0 Å². The van der Waals surface area contributed by atoms with Gasteiger partial charge in [0.2, 0.25) is 5.89 Å². The van der Waals surface area contributed by atoms with E-state index in [4.69, 9.17) is 14.4 Å². The molecular weight excluding hydrogens is 833 g/mol. The smallest absolute Gasteiger partial charge is 0.227 e. The van der Waals surface area contributed by atoms with Gasteiger partial charge in [0.15, 0.2) is 11.4 Å². The zero-order chi connectivity index (χ0) is 38.3. The number of carbonyl (C=O) groups is 1. The maximum absolute atomic E-state index is 11.5. The molecule has 0 aliphatic heterocycles. The van der Waals surface area contributed by atoms with Crippen LogP contribution in [0.4, 0.5) is 0 Å². The number of allylic oxidation sites excluding steroid dienone is 2. The molecule has 0 spiro atoms. The van der Waals surface area contributed by atoms with E-state index in [0.717, 1.165) is 38.7 Å². The predicted molar refractivity (Wildman–Crippen MR) is 218 cm³/mol. The summed E-state index contributed by atoms with van der Waals surface area (Å²) in [5.41, 5.74) is 7.67. The first-order valence-electron chi connectivity index (χ1n) is 18.4. The van der Waals surface area contributed by atoms with E-state index in [1.165, 1.54) is 33.5 Å². The van der Waals surface area contributed by atoms with Crippen LogP contribution < -0.4 is 0 Å². The fraction of sp³-hybridized carbons (Fsp3) is 0.383. The Labute approximate surface area is 329 Å². The van der Waals surface area contributed by atoms with Gasteiger partial charge in [-0.1, -0.05) is 114 Å². The Bertz CT molecular complexity index is 2230. The number of para-hydroxylation sites is 2. The fourth-order valence-corrected chi connectivity index (χ4v) is 5.98. The van der Waals surface area contributed by atoms with Gasteiger partial charge in [-0.3, -0.25) is 4.79 Å². The number of pyridine rings is 1. The number of nitrogens with zero attached hydrogens (tertiary/aromatic N) is 2. The molecule has 0 aliphatic carbocycles. The molecule has 4 aromatic carbocycles. The van der Waals surface area contributed by atoms with E-state index in [-0.39, 0.29) is 42.5 Å². The number of ketones is 1. The van der Waals surface area contributed by atoms with Gasteiger partial charge in [0.25, 0.3) is 0 Å². The number of fused-ring (bicyclic) bond motifs is 4. The van der Waals surface area contributed by atoms with Crippen LogP contribution in [0.25, 0.3) is 55.4 Å². The monoisotopic (exact) mass is 888 g/mol. The summed E-state index contributed by atoms with van der Waals surface area (Å²) in [5.74, 6) is 1.61. The van der Waals surface area contributed by atoms with Crippen LogP contribution in [0.2, 0.25) is 0 Å². The molecule has 5 nitrogen and oxygen atoms in total. The Kier molecular flexibility index (Phi) is 12.3. The van der Waals surface area contributed by atoms with Crippen LogP contribution in [0.3, 0.4) is 0 Å². The largest absolute Gasteiger partial charge is 0.512 e. The Morgan fingerprint density at radius 2 is 1.47 bits per heavy atom. The number of aliphatic hydroxyl groups excluding tert-OH is 1. The van der Waals surface area contributed by atoms with Crippen molar-refractivity contribution >= 4 is 38.4 Å². The molecule has 2 aromatic heterocycles. The maximum atomic E-state index is 11.5. The summed E-state index contributed by atoms with van der Waals surface area (Å²) in [5, 5.41) is 14.3. The van der Waals surface area contributed by atoms with Gasteiger partial charge in [0.05, 0.1) is 0 Å². The molecule has 53 heavy (non-hydrogen) atoms. The van der Waals surface area contributed by atoms with E-state index in [1.54, 1.807) is 0 Å². The van der Waals surface area contributed by atoms with Gasteiger partial charge in [-0.2, -0.15) is 0 Å². The average Bonchev–Trinajstić information content (AvgIpc) is 3.50. The third kappa shape index (κ3) is 9.34. The quantitative estimate of drug-likeness (QED) is 0.0808. The standard InChI is InChI=1S/C36H35N2O.C11H20O2.Ir/c1-21(2)24-16-25(22(3)4)18-26(17-24)34-28-13-12-23-19-30(35-38-32-10-8-9-11-33(32)39-35)31(36(5,6)7)20-29(23)27(28)14-15-37-34;1-10(2,3)8(12)7-9(13)11(4,5)6;/h8-17,19-22H,1-7H3;7,12H,1-6H3;/q-1;;/b;8-7-;. The first-order chi connectivity index (χ1) is 24.1. The van der Waals surface area contributed by atoms with Crippen LogP contribution in [0.5, 0.6) is 0 Å². The van der Waals surface area contributed by atoms with Gasteiger partial charge in [-0.15, -0.1) is 34.9 Å². The van der Waals surface area contributed by atoms with Gasteiger partial charge in [0.1, 0.15) is 11.3 Å². The van der Waals surface area contributed by atoms with E-state index >= 15 is 0 Å². The van der Waals surface area contributed by atoms with Crippen molar-refractivity contribution < 1.29 is 34.4 Å². The first kappa shape index (κ1) is 41.6. The number of rotatable bonds is 5. The zero-order valence-corrected chi connectivity index (χ0v) is 36.0. The Balaban J connectivity index is 0.000000386. The molecule has 1 N–H and O–H groups in total. The molecule has 6 rings (SSSR count). The first-order valence-corrected chi connectivity index (χ1v) is 18.4. The number of hydrogen-bond acceptors (Lipinski definition) is 5. The fourth-order valence-electron chi connectivity index (χ4n) is 5.98. The molecule has 6 aromatic rings. The molecular formula is C47H55IrN2O3-. The summed E-state index contributed by atoms with van der Waals surface area (Å²) in [7, 11) is 0. The summed E-state index contributed by atoms with van der Waals surface area (Å²) in [4.78, 5) is 21.2. The van der Waals surface area contributed by atoms with Crippen LogP contribution in [0, 0.1) is 16.9 Å². The van der Waals surface area contributed by atoms with Crippen LogP contribution in [0.15, 0.2) is 89.2 Å². The number of aromatic nitrogens is 2. The summed E-state index contributed by atoms with van der Waals surface area (Å²) in [6.45, 7) is 26.8. The Hall–Kier alpha value is -4.12.